The molecule has 0 spiro atoms. The van der Waals surface area contributed by atoms with Gasteiger partial charge in [0.25, 0.3) is 0 Å². The van der Waals surface area contributed by atoms with Gasteiger partial charge in [-0.3, -0.25) is 4.68 Å². The van der Waals surface area contributed by atoms with Gasteiger partial charge in [-0.2, -0.15) is 11.2 Å². The average Bonchev–Trinajstić information content (AvgIpc) is 3.60. The Morgan fingerprint density at radius 3 is 2.46 bits per heavy atom. The molecule has 0 bridgehead atoms. The van der Waals surface area contributed by atoms with Crippen molar-refractivity contribution >= 4 is 21.8 Å². The normalized spacial score (nSPS) is 16.2. The van der Waals surface area contributed by atoms with Gasteiger partial charge in [-0.1, -0.05) is 82.8 Å². The van der Waals surface area contributed by atoms with Gasteiger partial charge < -0.3 is 9.30 Å². The fourth-order valence-electron chi connectivity index (χ4n) is 7.79. The van der Waals surface area contributed by atoms with Crippen LogP contribution in [0.15, 0.2) is 78.5 Å². The molecule has 1 aliphatic carbocycles. The number of aryl methyl sites for hydroxylation is 2. The van der Waals surface area contributed by atoms with E-state index in [2.05, 4.69) is 124 Å². The van der Waals surface area contributed by atoms with Crippen molar-refractivity contribution in [2.45, 2.75) is 98.8 Å². The number of ether oxygens (including phenoxy) is 1. The summed E-state index contributed by atoms with van der Waals surface area (Å²) in [6, 6.07) is 28.4. The summed E-state index contributed by atoms with van der Waals surface area (Å²) in [6.45, 7) is 15.8. The van der Waals surface area contributed by atoms with Gasteiger partial charge in [-0.25, -0.2) is 4.98 Å². The molecule has 0 fully saturated rings. The molecule has 3 heterocycles. The summed E-state index contributed by atoms with van der Waals surface area (Å²) < 4.78 is 11.1. The Bertz CT molecular complexity index is 2170. The fourth-order valence-corrected chi connectivity index (χ4v) is 7.79. The van der Waals surface area contributed by atoms with Crippen LogP contribution in [-0.4, -0.2) is 19.3 Å². The molecule has 1 aliphatic rings. The van der Waals surface area contributed by atoms with E-state index in [-0.39, 0.29) is 21.1 Å². The van der Waals surface area contributed by atoms with Crippen molar-refractivity contribution in [3.63, 3.8) is 0 Å². The smallest absolute Gasteiger partial charge is 0.509 e. The molecule has 0 amide bonds. The number of aromatic nitrogens is 4. The molecular weight excluding hydrogens is 796 g/mol. The van der Waals surface area contributed by atoms with E-state index < -0.39 is 0 Å². The van der Waals surface area contributed by atoms with E-state index in [1.807, 2.05) is 18.3 Å². The van der Waals surface area contributed by atoms with Gasteiger partial charge in [0.1, 0.15) is 5.82 Å². The molecule has 2 atom stereocenters. The van der Waals surface area contributed by atoms with Crippen LogP contribution in [0.3, 0.4) is 0 Å². The van der Waals surface area contributed by atoms with Crippen molar-refractivity contribution in [2.75, 3.05) is 0 Å². The van der Waals surface area contributed by atoms with Crippen molar-refractivity contribution in [2.24, 2.45) is 5.92 Å². The Balaban J connectivity index is 0.00000432. The van der Waals surface area contributed by atoms with Gasteiger partial charge in [-0.05, 0) is 86.2 Å². The zero-order chi connectivity index (χ0) is 34.2. The van der Waals surface area contributed by atoms with Crippen LogP contribution in [0.1, 0.15) is 107 Å². The van der Waals surface area contributed by atoms with Crippen molar-refractivity contribution < 1.29 is 25.8 Å². The molecule has 0 saturated carbocycles. The van der Waals surface area contributed by atoms with Gasteiger partial charge in [0, 0.05) is 40.4 Å². The summed E-state index contributed by atoms with van der Waals surface area (Å²) in [5.41, 5.74) is 10.8. The molecule has 6 aromatic rings. The van der Waals surface area contributed by atoms with Gasteiger partial charge in [0.05, 0.1) is 5.69 Å². The number of rotatable bonds is 10. The molecule has 3 aromatic carbocycles. The third kappa shape index (κ3) is 6.74. The maximum Gasteiger partial charge on any atom is 2.00 e. The van der Waals surface area contributed by atoms with E-state index in [0.717, 1.165) is 64.6 Å². The predicted molar refractivity (Wildman–Crippen MR) is 202 cm³/mol. The first-order chi connectivity index (χ1) is 23.8. The van der Waals surface area contributed by atoms with Crippen molar-refractivity contribution in [1.29, 1.82) is 0 Å². The summed E-state index contributed by atoms with van der Waals surface area (Å²) in [7, 11) is 0. The summed E-state index contributed by atoms with van der Waals surface area (Å²) in [4.78, 5) is 4.74. The van der Waals surface area contributed by atoms with Crippen LogP contribution in [0.5, 0.6) is 11.5 Å². The van der Waals surface area contributed by atoms with Gasteiger partial charge in [0.15, 0.2) is 0 Å². The van der Waals surface area contributed by atoms with Crippen LogP contribution in [0.4, 0.5) is 0 Å². The Kier molecular flexibility index (Phi) is 10.8. The maximum atomic E-state index is 6.69. The first-order valence-electron chi connectivity index (χ1n) is 18.2. The van der Waals surface area contributed by atoms with Crippen molar-refractivity contribution in [1.82, 2.24) is 19.3 Å². The largest absolute Gasteiger partial charge is 2.00 e. The van der Waals surface area contributed by atoms with Crippen LogP contribution < -0.4 is 4.74 Å². The molecule has 0 N–H and O–H groups in total. The number of para-hydroxylation sites is 1. The molecule has 1 unspecified atom stereocenters. The van der Waals surface area contributed by atoms with Crippen LogP contribution >= 0.6 is 0 Å². The Labute approximate surface area is 312 Å². The second kappa shape index (κ2) is 15.1. The molecule has 0 saturated heterocycles. The van der Waals surface area contributed by atoms with Gasteiger partial charge in [0.2, 0.25) is 0 Å². The molecule has 6 heteroatoms. The Morgan fingerprint density at radius 2 is 1.72 bits per heavy atom. The van der Waals surface area contributed by atoms with E-state index >= 15 is 0 Å². The number of hydrogen-bond acceptors (Lipinski definition) is 3. The molecule has 3 aromatic heterocycles. The zero-order valence-electron chi connectivity index (χ0n) is 30.4. The first-order valence-corrected chi connectivity index (χ1v) is 18.2. The third-order valence-electron chi connectivity index (χ3n) is 10.2. The van der Waals surface area contributed by atoms with E-state index in [4.69, 9.17) is 14.8 Å². The van der Waals surface area contributed by atoms with Crippen molar-refractivity contribution in [3.05, 3.63) is 119 Å². The molecule has 0 radical (unpaired) electrons. The van der Waals surface area contributed by atoms with Crippen LogP contribution in [0, 0.1) is 25.0 Å². The van der Waals surface area contributed by atoms with Crippen molar-refractivity contribution in [3.8, 4) is 23.0 Å². The number of fused-ring (bicyclic) bond motifs is 3. The van der Waals surface area contributed by atoms with E-state index in [0.29, 0.717) is 29.3 Å². The Morgan fingerprint density at radius 1 is 0.920 bits per heavy atom. The zero-order valence-corrected chi connectivity index (χ0v) is 32.7. The molecule has 50 heavy (non-hydrogen) atoms. The number of benzene rings is 3. The molecule has 5 nitrogen and oxygen atoms in total. The minimum atomic E-state index is 0. The fraction of sp³-hybridized carbons (Fsp3) is 0.364. The second-order valence-corrected chi connectivity index (χ2v) is 14.2. The minimum Gasteiger partial charge on any atom is -0.509 e. The van der Waals surface area contributed by atoms with Gasteiger partial charge >= 0.3 is 21.1 Å². The maximum absolute atomic E-state index is 6.69. The minimum absolute atomic E-state index is 0. The summed E-state index contributed by atoms with van der Waals surface area (Å²) in [6.07, 6.45) is 10.8. The summed E-state index contributed by atoms with van der Waals surface area (Å²) >= 11 is 0. The number of nitrogens with zero attached hydrogens (tertiary/aromatic N) is 4. The van der Waals surface area contributed by atoms with Crippen LogP contribution in [0.25, 0.3) is 33.3 Å². The second-order valence-electron chi connectivity index (χ2n) is 14.2. The quantitative estimate of drug-likeness (QED) is 0.102. The van der Waals surface area contributed by atoms with Gasteiger partial charge in [-0.15, -0.1) is 41.3 Å². The molecule has 7 rings (SSSR count). The average molecular weight is 844 g/mol. The first kappa shape index (κ1) is 35.9. The van der Waals surface area contributed by atoms with Crippen LogP contribution in [-0.2, 0) is 33.9 Å². The molecule has 0 aliphatic heterocycles. The van der Waals surface area contributed by atoms with Crippen LogP contribution in [0.2, 0.25) is 0 Å². The Hall–Kier alpha value is -3.95. The molecule has 260 valence electrons. The third-order valence-corrected chi connectivity index (χ3v) is 10.2. The van der Waals surface area contributed by atoms with E-state index in [1.165, 1.54) is 40.9 Å². The predicted octanol–water partition coefficient (Wildman–Crippen LogP) is 11.6. The van der Waals surface area contributed by atoms with E-state index in [1.54, 1.807) is 0 Å². The van der Waals surface area contributed by atoms with E-state index in [9.17, 15) is 0 Å². The summed E-state index contributed by atoms with van der Waals surface area (Å²) in [5, 5.41) is 7.66. The number of pyridine rings is 1. The number of allylic oxidation sites excluding steroid dienone is 2. The number of hydrogen-bond donors (Lipinski definition) is 0. The molecular formula is C44H48N4OPt. The standard InChI is InChI=1S/C44H48N4O.Pt/c1-8-13-38-44(43-30(6)15-12-16-31(43)7)40(14-9-2)48(46-38)33-24-32(28(3)4)25-35(26-33)49-34-19-20-37-36-17-10-11-18-39(36)47(41(37)27-34)42-23-29(5)21-22-45-42;/h10-11,15,17-25,28,31,43H,8-9,12-14,16H2,1-7H3;/q-2;+2/t31-,43?;/m0./s1. The monoisotopic (exact) mass is 843 g/mol. The topological polar surface area (TPSA) is 44.9 Å². The SMILES string of the molecule is CCCc1nn(-c2[c-]c(Oc3[c-]c4c(cc3)c3ccccc3n4-c3cc(C)ccn3)cc(C(C)C)c2)c(CCC)c1C1C(C)=CCC[C@@H]1C.[Pt+2]. The summed E-state index contributed by atoms with van der Waals surface area (Å²) in [5.74, 6) is 3.49.